The monoisotopic (exact) mass is 468 g/mol. The molecule has 1 N–H and O–H groups in total. The highest BCUT2D eigenvalue weighted by Gasteiger charge is 2.26. The molecule has 0 unspecified atom stereocenters. The molecule has 0 saturated carbocycles. The van der Waals surface area contributed by atoms with Crippen LogP contribution in [-0.4, -0.2) is 73.9 Å². The van der Waals surface area contributed by atoms with E-state index in [2.05, 4.69) is 39.0 Å². The number of ether oxygens (including phenoxy) is 1. The van der Waals surface area contributed by atoms with Crippen molar-refractivity contribution < 1.29 is 13.5 Å². The summed E-state index contributed by atoms with van der Waals surface area (Å²) in [6.07, 6.45) is 3.54. The van der Waals surface area contributed by atoms with Crippen LogP contribution >= 0.6 is 0 Å². The third-order valence-electron chi connectivity index (χ3n) is 6.85. The third kappa shape index (κ3) is 4.37. The van der Waals surface area contributed by atoms with Gasteiger partial charge < -0.3 is 24.8 Å². The molecule has 2 fully saturated rings. The van der Waals surface area contributed by atoms with Crippen LogP contribution in [0.3, 0.4) is 0 Å². The molecule has 0 spiro atoms. The number of anilines is 4. The van der Waals surface area contributed by atoms with Gasteiger partial charge in [0.1, 0.15) is 17.5 Å². The zero-order chi connectivity index (χ0) is 23.8. The van der Waals surface area contributed by atoms with Gasteiger partial charge in [-0.1, -0.05) is 0 Å². The number of hydrogen-bond acceptors (Lipinski definition) is 7. The SMILES string of the molecule is Cc1c(N2CCN(C)[C@H](C)C2)nc2cc(F)cc(F)c2c1Nc1cncc(N2CCOCC2)c1. The number of hydrogen-bond donors (Lipinski definition) is 1. The first-order valence-corrected chi connectivity index (χ1v) is 11.7. The minimum atomic E-state index is -0.638. The standard InChI is InChI=1S/C25H30F2N6O/c1-16-15-33(5-4-31(16)3)25-17(2)24(23-21(27)10-18(26)11-22(23)30-25)29-19-12-20(14-28-13-19)32-6-8-34-9-7-32/h10-14,16H,4-9,15H2,1-3H3,(H,29,30)/t16-/m1/s1. The number of morpholine rings is 1. The molecular weight excluding hydrogens is 438 g/mol. The molecule has 0 amide bonds. The summed E-state index contributed by atoms with van der Waals surface area (Å²) in [7, 11) is 2.11. The normalized spacial score (nSPS) is 19.6. The lowest BCUT2D eigenvalue weighted by molar-refractivity contribution is 0.122. The summed E-state index contributed by atoms with van der Waals surface area (Å²) in [5.41, 5.74) is 3.42. The highest BCUT2D eigenvalue weighted by Crippen LogP contribution is 2.37. The second kappa shape index (κ2) is 9.31. The largest absolute Gasteiger partial charge is 0.378 e. The second-order valence-electron chi connectivity index (χ2n) is 9.15. The highest BCUT2D eigenvalue weighted by atomic mass is 19.1. The lowest BCUT2D eigenvalue weighted by Gasteiger charge is -2.39. The fraction of sp³-hybridized carbons (Fsp3) is 0.440. The predicted molar refractivity (Wildman–Crippen MR) is 131 cm³/mol. The van der Waals surface area contributed by atoms with Crippen LogP contribution in [0.4, 0.5) is 31.7 Å². The Morgan fingerprint density at radius 3 is 2.59 bits per heavy atom. The van der Waals surface area contributed by atoms with E-state index >= 15 is 4.39 Å². The molecule has 1 atom stereocenters. The molecule has 180 valence electrons. The Balaban J connectivity index is 1.58. The van der Waals surface area contributed by atoms with E-state index in [4.69, 9.17) is 9.72 Å². The number of likely N-dealkylation sites (N-methyl/N-ethyl adjacent to an activating group) is 1. The van der Waals surface area contributed by atoms with Gasteiger partial charge in [0.25, 0.3) is 0 Å². The van der Waals surface area contributed by atoms with Crippen LogP contribution in [0.15, 0.2) is 30.6 Å². The Morgan fingerprint density at radius 1 is 1.03 bits per heavy atom. The molecule has 5 rings (SSSR count). The molecule has 9 heteroatoms. The van der Waals surface area contributed by atoms with E-state index in [0.29, 0.717) is 30.5 Å². The third-order valence-corrected chi connectivity index (χ3v) is 6.85. The fourth-order valence-corrected chi connectivity index (χ4v) is 4.73. The van der Waals surface area contributed by atoms with Gasteiger partial charge in [-0.05, 0) is 27.0 Å². The van der Waals surface area contributed by atoms with Gasteiger partial charge in [-0.3, -0.25) is 4.98 Å². The summed E-state index contributed by atoms with van der Waals surface area (Å²) in [6, 6.07) is 4.56. The minimum Gasteiger partial charge on any atom is -0.378 e. The average Bonchev–Trinajstić information content (AvgIpc) is 2.83. The average molecular weight is 469 g/mol. The number of nitrogens with zero attached hydrogens (tertiary/aromatic N) is 5. The van der Waals surface area contributed by atoms with Gasteiger partial charge in [0, 0.05) is 56.5 Å². The van der Waals surface area contributed by atoms with Crippen LogP contribution in [0, 0.1) is 18.6 Å². The molecule has 4 heterocycles. The maximum atomic E-state index is 15.1. The van der Waals surface area contributed by atoms with E-state index in [9.17, 15) is 4.39 Å². The summed E-state index contributed by atoms with van der Waals surface area (Å²) < 4.78 is 34.7. The zero-order valence-electron chi connectivity index (χ0n) is 19.8. The number of fused-ring (bicyclic) bond motifs is 1. The van der Waals surface area contributed by atoms with Gasteiger partial charge in [-0.15, -0.1) is 0 Å². The molecule has 34 heavy (non-hydrogen) atoms. The topological polar surface area (TPSA) is 56.8 Å². The summed E-state index contributed by atoms with van der Waals surface area (Å²) in [5, 5.41) is 3.67. The van der Waals surface area contributed by atoms with Crippen LogP contribution in [0.1, 0.15) is 12.5 Å². The molecule has 7 nitrogen and oxygen atoms in total. The fourth-order valence-electron chi connectivity index (χ4n) is 4.73. The van der Waals surface area contributed by atoms with Gasteiger partial charge in [0.2, 0.25) is 0 Å². The number of rotatable bonds is 4. The molecule has 2 saturated heterocycles. The van der Waals surface area contributed by atoms with Crippen LogP contribution in [0.25, 0.3) is 10.9 Å². The highest BCUT2D eigenvalue weighted by molar-refractivity contribution is 5.97. The Labute approximate surface area is 198 Å². The molecule has 2 aromatic heterocycles. The van der Waals surface area contributed by atoms with E-state index in [-0.39, 0.29) is 5.39 Å². The molecular formula is C25H30F2N6O. The second-order valence-corrected chi connectivity index (χ2v) is 9.15. The van der Waals surface area contributed by atoms with Crippen LogP contribution in [-0.2, 0) is 4.74 Å². The van der Waals surface area contributed by atoms with Gasteiger partial charge in [-0.2, -0.15) is 0 Å². The number of aromatic nitrogens is 2. The van der Waals surface area contributed by atoms with Crippen LogP contribution in [0.5, 0.6) is 0 Å². The van der Waals surface area contributed by atoms with Gasteiger partial charge in [-0.25, -0.2) is 13.8 Å². The Bertz CT molecular complexity index is 1200. The first-order chi connectivity index (χ1) is 16.4. The van der Waals surface area contributed by atoms with Crippen molar-refractivity contribution in [2.75, 3.05) is 68.1 Å². The van der Waals surface area contributed by atoms with E-state index in [1.165, 1.54) is 6.07 Å². The van der Waals surface area contributed by atoms with E-state index in [0.717, 1.165) is 61.5 Å². The summed E-state index contributed by atoms with van der Waals surface area (Å²) >= 11 is 0. The van der Waals surface area contributed by atoms with Crippen molar-refractivity contribution in [2.24, 2.45) is 0 Å². The number of pyridine rings is 2. The van der Waals surface area contributed by atoms with Crippen LogP contribution < -0.4 is 15.1 Å². The van der Waals surface area contributed by atoms with Gasteiger partial charge >= 0.3 is 0 Å². The number of nitrogens with one attached hydrogen (secondary N) is 1. The molecule has 2 aliphatic heterocycles. The van der Waals surface area contributed by atoms with Crippen molar-refractivity contribution in [2.45, 2.75) is 19.9 Å². The Hall–Kier alpha value is -3.04. The maximum absolute atomic E-state index is 15.1. The Kier molecular flexibility index (Phi) is 6.22. The number of benzene rings is 1. The van der Waals surface area contributed by atoms with Crippen molar-refractivity contribution in [1.29, 1.82) is 0 Å². The smallest absolute Gasteiger partial charge is 0.137 e. The maximum Gasteiger partial charge on any atom is 0.137 e. The lowest BCUT2D eigenvalue weighted by atomic mass is 10.1. The quantitative estimate of drug-likeness (QED) is 0.623. The molecule has 0 aliphatic carbocycles. The first kappa shape index (κ1) is 22.7. The predicted octanol–water partition coefficient (Wildman–Crippen LogP) is 3.94. The molecule has 2 aliphatic rings. The molecule has 1 aromatic carbocycles. The first-order valence-electron chi connectivity index (χ1n) is 11.7. The summed E-state index contributed by atoms with van der Waals surface area (Å²) in [5.74, 6) is -0.526. The van der Waals surface area contributed by atoms with E-state index in [1.54, 1.807) is 6.20 Å². The number of halogens is 2. The summed E-state index contributed by atoms with van der Waals surface area (Å²) in [6.45, 7) is 9.53. The zero-order valence-corrected chi connectivity index (χ0v) is 19.8. The minimum absolute atomic E-state index is 0.279. The van der Waals surface area contributed by atoms with Gasteiger partial charge in [0.05, 0.1) is 53.6 Å². The molecule has 3 aromatic rings. The van der Waals surface area contributed by atoms with E-state index < -0.39 is 11.6 Å². The van der Waals surface area contributed by atoms with Crippen molar-refractivity contribution in [1.82, 2.24) is 14.9 Å². The number of piperazine rings is 1. The molecule has 0 radical (unpaired) electrons. The van der Waals surface area contributed by atoms with Crippen molar-refractivity contribution in [3.63, 3.8) is 0 Å². The van der Waals surface area contributed by atoms with Crippen molar-refractivity contribution in [3.05, 3.63) is 47.8 Å². The lowest BCUT2D eigenvalue weighted by Crippen LogP contribution is -2.50. The summed E-state index contributed by atoms with van der Waals surface area (Å²) in [4.78, 5) is 15.8. The van der Waals surface area contributed by atoms with Crippen molar-refractivity contribution in [3.8, 4) is 0 Å². The van der Waals surface area contributed by atoms with Gasteiger partial charge in [0.15, 0.2) is 0 Å². The Morgan fingerprint density at radius 2 is 1.82 bits per heavy atom. The van der Waals surface area contributed by atoms with Crippen molar-refractivity contribution >= 4 is 33.8 Å². The molecule has 0 bridgehead atoms. The van der Waals surface area contributed by atoms with Crippen LogP contribution in [0.2, 0.25) is 0 Å². The van der Waals surface area contributed by atoms with E-state index in [1.807, 2.05) is 19.2 Å².